The lowest BCUT2D eigenvalue weighted by Gasteiger charge is -2.15. The zero-order valence-electron chi connectivity index (χ0n) is 13.9. The Balaban J connectivity index is 1.87. The van der Waals surface area contributed by atoms with Crippen LogP contribution in [0.2, 0.25) is 25.7 Å². The summed E-state index contributed by atoms with van der Waals surface area (Å²) in [6.07, 6.45) is 2.23. The lowest BCUT2D eigenvalue weighted by Crippen LogP contribution is -2.22. The summed E-state index contributed by atoms with van der Waals surface area (Å²) in [5, 5.41) is 4.46. The molecule has 1 aromatic heterocycles. The second-order valence-electron chi connectivity index (χ2n) is 6.84. The summed E-state index contributed by atoms with van der Waals surface area (Å²) in [5.74, 6) is -0.496. The van der Waals surface area contributed by atoms with E-state index >= 15 is 0 Å². The molecule has 22 heavy (non-hydrogen) atoms. The van der Waals surface area contributed by atoms with Gasteiger partial charge in [0.2, 0.25) is 0 Å². The number of esters is 1. The van der Waals surface area contributed by atoms with Crippen molar-refractivity contribution in [3.63, 3.8) is 0 Å². The van der Waals surface area contributed by atoms with Crippen molar-refractivity contribution in [1.82, 2.24) is 9.78 Å². The predicted octanol–water partition coefficient (Wildman–Crippen LogP) is 2.45. The lowest BCUT2D eigenvalue weighted by atomic mass is 9.99. The maximum absolute atomic E-state index is 11.8. The topological polar surface area (TPSA) is 62.6 Å². The molecule has 0 saturated carbocycles. The summed E-state index contributed by atoms with van der Waals surface area (Å²) in [6, 6.07) is 3.02. The quantitative estimate of drug-likeness (QED) is 0.437. The van der Waals surface area contributed by atoms with Gasteiger partial charge >= 0.3 is 5.97 Å². The Morgan fingerprint density at radius 1 is 1.50 bits per heavy atom. The van der Waals surface area contributed by atoms with Crippen molar-refractivity contribution in [1.29, 1.82) is 0 Å². The number of carbonyl (C=O) groups excluding carboxylic acids is 1. The maximum Gasteiger partial charge on any atom is 0.311 e. The van der Waals surface area contributed by atoms with E-state index in [2.05, 4.69) is 24.7 Å². The molecule has 124 valence electrons. The third kappa shape index (κ3) is 4.66. The van der Waals surface area contributed by atoms with E-state index in [0.29, 0.717) is 19.8 Å². The number of hydrogen-bond acceptors (Lipinski definition) is 5. The summed E-state index contributed by atoms with van der Waals surface area (Å²) in [5.41, 5.74) is 0.765. The van der Waals surface area contributed by atoms with Crippen molar-refractivity contribution in [3.05, 3.63) is 18.0 Å². The summed E-state index contributed by atoms with van der Waals surface area (Å²) in [6.45, 7) is 8.73. The van der Waals surface area contributed by atoms with Crippen LogP contribution in [-0.4, -0.2) is 44.1 Å². The molecule has 0 N–H and O–H groups in total. The first-order chi connectivity index (χ1) is 10.4. The van der Waals surface area contributed by atoms with E-state index in [1.54, 1.807) is 4.68 Å². The normalized spacial score (nSPS) is 22.0. The van der Waals surface area contributed by atoms with Gasteiger partial charge in [-0.1, -0.05) is 19.6 Å². The first kappa shape index (κ1) is 17.2. The monoisotopic (exact) mass is 326 g/mol. The highest BCUT2D eigenvalue weighted by Crippen LogP contribution is 2.34. The molecular weight excluding hydrogens is 300 g/mol. The number of rotatable bonds is 7. The van der Waals surface area contributed by atoms with Gasteiger partial charge < -0.3 is 14.2 Å². The number of carbonyl (C=O) groups is 1. The van der Waals surface area contributed by atoms with Gasteiger partial charge in [0.15, 0.2) is 0 Å². The van der Waals surface area contributed by atoms with Crippen molar-refractivity contribution in [2.24, 2.45) is 5.92 Å². The van der Waals surface area contributed by atoms with Crippen molar-refractivity contribution < 1.29 is 19.0 Å². The van der Waals surface area contributed by atoms with Gasteiger partial charge in [0.05, 0.1) is 18.7 Å². The Morgan fingerprint density at radius 2 is 2.27 bits per heavy atom. The van der Waals surface area contributed by atoms with Crippen LogP contribution < -0.4 is 0 Å². The lowest BCUT2D eigenvalue weighted by molar-refractivity contribution is -0.147. The fourth-order valence-corrected chi connectivity index (χ4v) is 3.17. The van der Waals surface area contributed by atoms with Gasteiger partial charge in [-0.25, -0.2) is 4.68 Å². The molecule has 6 nitrogen and oxygen atoms in total. The molecule has 0 amide bonds. The molecule has 1 saturated heterocycles. The average Bonchev–Trinajstić information content (AvgIpc) is 3.10. The van der Waals surface area contributed by atoms with Gasteiger partial charge in [-0.05, 0) is 18.5 Å². The molecule has 1 aliphatic rings. The molecule has 2 unspecified atom stereocenters. The number of aromatic nitrogens is 2. The highest BCUT2D eigenvalue weighted by atomic mass is 28.3. The van der Waals surface area contributed by atoms with Gasteiger partial charge in [-0.15, -0.1) is 0 Å². The van der Waals surface area contributed by atoms with Crippen molar-refractivity contribution in [3.8, 4) is 0 Å². The molecule has 0 radical (unpaired) electrons. The molecule has 2 atom stereocenters. The van der Waals surface area contributed by atoms with Gasteiger partial charge in [-0.3, -0.25) is 4.79 Å². The molecule has 2 heterocycles. The number of methoxy groups -OCH3 is 1. The SMILES string of the molecule is COC(=O)C1CCOC1c1ccn(COCC[Si](C)(C)C)n1. The Morgan fingerprint density at radius 3 is 2.95 bits per heavy atom. The highest BCUT2D eigenvalue weighted by Gasteiger charge is 2.37. The molecule has 0 bridgehead atoms. The van der Waals surface area contributed by atoms with Crippen LogP contribution in [0.3, 0.4) is 0 Å². The molecule has 1 aromatic rings. The van der Waals surface area contributed by atoms with Crippen LogP contribution in [0.1, 0.15) is 18.2 Å². The van der Waals surface area contributed by atoms with Crippen LogP contribution in [0.4, 0.5) is 0 Å². The van der Waals surface area contributed by atoms with Gasteiger partial charge in [0, 0.05) is 27.5 Å². The fraction of sp³-hybridized carbons (Fsp3) is 0.733. The van der Waals surface area contributed by atoms with Crippen molar-refractivity contribution >= 4 is 14.0 Å². The number of hydrogen-bond donors (Lipinski definition) is 0. The Hall–Kier alpha value is -1.18. The van der Waals surface area contributed by atoms with Gasteiger partial charge in [0.25, 0.3) is 0 Å². The second kappa shape index (κ2) is 7.39. The first-order valence-corrected chi connectivity index (χ1v) is 11.4. The molecule has 1 aliphatic heterocycles. The second-order valence-corrected chi connectivity index (χ2v) is 12.5. The van der Waals surface area contributed by atoms with E-state index in [1.807, 2.05) is 12.3 Å². The fourth-order valence-electron chi connectivity index (χ4n) is 2.41. The Labute approximate surface area is 132 Å². The molecule has 0 aliphatic carbocycles. The smallest absolute Gasteiger partial charge is 0.311 e. The Bertz CT molecular complexity index is 498. The van der Waals surface area contributed by atoms with E-state index in [1.165, 1.54) is 7.11 Å². The minimum atomic E-state index is -1.06. The van der Waals surface area contributed by atoms with Crippen LogP contribution in [0.15, 0.2) is 12.3 Å². The third-order valence-electron chi connectivity index (χ3n) is 3.77. The third-order valence-corrected chi connectivity index (χ3v) is 5.47. The van der Waals surface area contributed by atoms with Crippen LogP contribution in [-0.2, 0) is 25.7 Å². The van der Waals surface area contributed by atoms with E-state index in [-0.39, 0.29) is 18.0 Å². The molecule has 7 heteroatoms. The molecular formula is C15H26N2O4Si. The van der Waals surface area contributed by atoms with E-state index < -0.39 is 8.07 Å². The van der Waals surface area contributed by atoms with Crippen molar-refractivity contribution in [2.45, 2.75) is 44.9 Å². The standard InChI is InChI=1S/C15H26N2O4Si/c1-19-15(18)12-6-8-21-14(12)13-5-7-17(16-13)11-20-9-10-22(2,3)4/h5,7,12,14H,6,8-11H2,1-4H3. The van der Waals surface area contributed by atoms with Crippen LogP contribution in [0.25, 0.3) is 0 Å². The maximum atomic E-state index is 11.8. The van der Waals surface area contributed by atoms with E-state index in [9.17, 15) is 4.79 Å². The van der Waals surface area contributed by atoms with Crippen LogP contribution >= 0.6 is 0 Å². The van der Waals surface area contributed by atoms with Gasteiger partial charge in [0.1, 0.15) is 12.8 Å². The first-order valence-electron chi connectivity index (χ1n) is 7.71. The molecule has 1 fully saturated rings. The van der Waals surface area contributed by atoms with Crippen LogP contribution in [0.5, 0.6) is 0 Å². The minimum absolute atomic E-state index is 0.233. The summed E-state index contributed by atoms with van der Waals surface area (Å²) >= 11 is 0. The number of ether oxygens (including phenoxy) is 3. The van der Waals surface area contributed by atoms with Crippen molar-refractivity contribution in [2.75, 3.05) is 20.3 Å². The van der Waals surface area contributed by atoms with Crippen LogP contribution in [0, 0.1) is 5.92 Å². The zero-order valence-corrected chi connectivity index (χ0v) is 14.9. The highest BCUT2D eigenvalue weighted by molar-refractivity contribution is 6.76. The minimum Gasteiger partial charge on any atom is -0.469 e. The zero-order chi connectivity index (χ0) is 16.2. The van der Waals surface area contributed by atoms with E-state index in [4.69, 9.17) is 14.2 Å². The summed E-state index contributed by atoms with van der Waals surface area (Å²) in [4.78, 5) is 11.8. The average molecular weight is 326 g/mol. The number of nitrogens with zero attached hydrogens (tertiary/aromatic N) is 2. The summed E-state index contributed by atoms with van der Waals surface area (Å²) in [7, 11) is 0.342. The molecule has 0 spiro atoms. The Kier molecular flexibility index (Phi) is 5.77. The molecule has 2 rings (SSSR count). The predicted molar refractivity (Wildman–Crippen MR) is 85.1 cm³/mol. The molecule has 0 aromatic carbocycles. The largest absolute Gasteiger partial charge is 0.469 e. The van der Waals surface area contributed by atoms with Gasteiger partial charge in [-0.2, -0.15) is 5.10 Å². The summed E-state index contributed by atoms with van der Waals surface area (Å²) < 4.78 is 17.9. The van der Waals surface area contributed by atoms with E-state index in [0.717, 1.165) is 18.3 Å².